The highest BCUT2D eigenvalue weighted by Gasteiger charge is 2.64. The van der Waals surface area contributed by atoms with Gasteiger partial charge in [-0.2, -0.15) is 0 Å². The van der Waals surface area contributed by atoms with Gasteiger partial charge >= 0.3 is 0 Å². The second-order valence-corrected chi connectivity index (χ2v) is 8.33. The molecule has 2 aliphatic rings. The van der Waals surface area contributed by atoms with Gasteiger partial charge in [0.15, 0.2) is 5.78 Å². The average molecular weight is 446 g/mol. The summed E-state index contributed by atoms with van der Waals surface area (Å²) in [7, 11) is 1.71. The molecule has 3 aromatic rings. The van der Waals surface area contributed by atoms with Crippen molar-refractivity contribution in [2.75, 3.05) is 18.9 Å². The van der Waals surface area contributed by atoms with Gasteiger partial charge in [-0.25, -0.2) is 4.39 Å². The zero-order valence-corrected chi connectivity index (χ0v) is 17.6. The Bertz CT molecular complexity index is 1300. The molecule has 166 valence electrons. The number of halogens is 1. The van der Waals surface area contributed by atoms with Crippen LogP contribution in [0.4, 0.5) is 15.8 Å². The number of fused-ring (bicyclic) bond motifs is 2. The third kappa shape index (κ3) is 3.04. The lowest BCUT2D eigenvalue weighted by molar-refractivity contribution is -0.384. The number of anilines is 1. The molecule has 3 heterocycles. The van der Waals surface area contributed by atoms with E-state index in [1.54, 1.807) is 36.2 Å². The molecule has 1 aromatic heterocycles. The predicted octanol–water partition coefficient (Wildman–Crippen LogP) is 3.50. The van der Waals surface area contributed by atoms with Crippen LogP contribution in [0.15, 0.2) is 67.0 Å². The van der Waals surface area contributed by atoms with E-state index in [-0.39, 0.29) is 18.0 Å². The Hall–Kier alpha value is -3.98. The average Bonchev–Trinajstić information content (AvgIpc) is 3.29. The molecule has 3 atom stereocenters. The molecule has 0 unspecified atom stereocenters. The summed E-state index contributed by atoms with van der Waals surface area (Å²) < 4.78 is 14.3. The molecule has 0 aliphatic carbocycles. The number of benzene rings is 2. The molecule has 1 saturated heterocycles. The standard InChI is InChI=1S/C24H19FN4O4/c1-28-13-18(14-4-2-6-17(10-14)29(32)33)21(22(30)15-5-3-9-26-12-15)24(28)19-11-16(25)7-8-20(19)27-23(24)31/h2-12,18,21H,13H2,1H3,(H,27,31)/t18-,21-,24-/m1/s1. The fraction of sp³-hybridized carbons (Fsp3) is 0.208. The number of nitrogens with one attached hydrogen (secondary N) is 1. The van der Waals surface area contributed by atoms with Crippen molar-refractivity contribution in [3.8, 4) is 0 Å². The number of nitro benzene ring substituents is 1. The van der Waals surface area contributed by atoms with Crippen molar-refractivity contribution in [2.45, 2.75) is 11.5 Å². The molecule has 1 spiro atoms. The molecule has 0 radical (unpaired) electrons. The van der Waals surface area contributed by atoms with E-state index in [0.29, 0.717) is 22.4 Å². The molecule has 33 heavy (non-hydrogen) atoms. The number of rotatable bonds is 4. The minimum atomic E-state index is -1.47. The van der Waals surface area contributed by atoms with Crippen molar-refractivity contribution in [1.29, 1.82) is 0 Å². The van der Waals surface area contributed by atoms with Gasteiger partial charge in [-0.05, 0) is 42.9 Å². The third-order valence-corrected chi connectivity index (χ3v) is 6.65. The van der Waals surface area contributed by atoms with Gasteiger partial charge in [0.25, 0.3) is 5.69 Å². The molecule has 1 amide bonds. The Morgan fingerprint density at radius 1 is 1.24 bits per heavy atom. The Kier molecular flexibility index (Phi) is 4.79. The number of carbonyl (C=O) groups excluding carboxylic acids is 2. The number of likely N-dealkylation sites (tertiary alicyclic amines) is 1. The van der Waals surface area contributed by atoms with Crippen molar-refractivity contribution in [1.82, 2.24) is 9.88 Å². The molecular weight excluding hydrogens is 427 g/mol. The van der Waals surface area contributed by atoms with E-state index in [1.807, 2.05) is 0 Å². The van der Waals surface area contributed by atoms with Gasteiger partial charge in [-0.15, -0.1) is 0 Å². The smallest absolute Gasteiger partial charge is 0.269 e. The quantitative estimate of drug-likeness (QED) is 0.374. The highest BCUT2D eigenvalue weighted by Crippen LogP contribution is 2.55. The molecule has 0 saturated carbocycles. The lowest BCUT2D eigenvalue weighted by Gasteiger charge is -2.35. The molecular formula is C24H19FN4O4. The largest absolute Gasteiger partial charge is 0.324 e. The van der Waals surface area contributed by atoms with E-state index < -0.39 is 34.0 Å². The van der Waals surface area contributed by atoms with Gasteiger partial charge in [0.2, 0.25) is 5.91 Å². The van der Waals surface area contributed by atoms with Crippen LogP contribution in [0.25, 0.3) is 0 Å². The van der Waals surface area contributed by atoms with Gasteiger partial charge in [0, 0.05) is 53.8 Å². The number of nitro groups is 1. The third-order valence-electron chi connectivity index (χ3n) is 6.65. The first-order valence-electron chi connectivity index (χ1n) is 10.4. The summed E-state index contributed by atoms with van der Waals surface area (Å²) in [5.74, 6) is -2.80. The number of carbonyl (C=O) groups is 2. The number of hydrogen-bond acceptors (Lipinski definition) is 6. The van der Waals surface area contributed by atoms with Crippen LogP contribution in [0.1, 0.15) is 27.4 Å². The van der Waals surface area contributed by atoms with Gasteiger partial charge in [-0.3, -0.25) is 29.6 Å². The highest BCUT2D eigenvalue weighted by molar-refractivity contribution is 6.12. The first kappa shape index (κ1) is 20.9. The second kappa shape index (κ2) is 7.56. The lowest BCUT2D eigenvalue weighted by Crippen LogP contribution is -2.51. The zero-order valence-electron chi connectivity index (χ0n) is 17.6. The van der Waals surface area contributed by atoms with Gasteiger partial charge in [0.05, 0.1) is 10.8 Å². The van der Waals surface area contributed by atoms with E-state index >= 15 is 0 Å². The van der Waals surface area contributed by atoms with Crippen LogP contribution < -0.4 is 5.32 Å². The minimum absolute atomic E-state index is 0.106. The van der Waals surface area contributed by atoms with E-state index in [2.05, 4.69) is 10.3 Å². The molecule has 9 heteroatoms. The Balaban J connectivity index is 1.74. The van der Waals surface area contributed by atoms with Crippen LogP contribution in [0, 0.1) is 21.8 Å². The Morgan fingerprint density at radius 3 is 2.79 bits per heavy atom. The van der Waals surface area contributed by atoms with Crippen molar-refractivity contribution >= 4 is 23.1 Å². The topological polar surface area (TPSA) is 105 Å². The van der Waals surface area contributed by atoms with Gasteiger partial charge in [0.1, 0.15) is 11.4 Å². The van der Waals surface area contributed by atoms with Crippen LogP contribution in [0.5, 0.6) is 0 Å². The van der Waals surface area contributed by atoms with Crippen molar-refractivity contribution in [3.05, 3.63) is 99.6 Å². The summed E-state index contributed by atoms with van der Waals surface area (Å²) in [6, 6.07) is 13.3. The molecule has 0 bridgehead atoms. The maximum Gasteiger partial charge on any atom is 0.269 e. The number of ketones is 1. The van der Waals surface area contributed by atoms with Crippen LogP contribution in [0.3, 0.4) is 0 Å². The maximum absolute atomic E-state index is 14.3. The highest BCUT2D eigenvalue weighted by atomic mass is 19.1. The molecule has 2 aliphatic heterocycles. The van der Waals surface area contributed by atoms with Crippen LogP contribution in [0.2, 0.25) is 0 Å². The summed E-state index contributed by atoms with van der Waals surface area (Å²) in [5.41, 5.74) is 0.116. The summed E-state index contributed by atoms with van der Waals surface area (Å²) in [4.78, 5) is 44.1. The fourth-order valence-electron chi connectivity index (χ4n) is 5.27. The summed E-state index contributed by atoms with van der Waals surface area (Å²) >= 11 is 0. The number of non-ortho nitro benzene ring substituents is 1. The van der Waals surface area contributed by atoms with Crippen molar-refractivity contribution in [3.63, 3.8) is 0 Å². The second-order valence-electron chi connectivity index (χ2n) is 8.33. The molecule has 2 aromatic carbocycles. The van der Waals surface area contributed by atoms with E-state index in [4.69, 9.17) is 0 Å². The number of amides is 1. The monoisotopic (exact) mass is 446 g/mol. The molecule has 8 nitrogen and oxygen atoms in total. The number of pyridine rings is 1. The molecule has 1 N–H and O–H groups in total. The van der Waals surface area contributed by atoms with Crippen LogP contribution >= 0.6 is 0 Å². The normalized spacial score (nSPS) is 24.0. The SMILES string of the molecule is CN1C[C@H](c2cccc([N+](=O)[O-])c2)[C@H](C(=O)c2cccnc2)[C@]12C(=O)Nc1ccc(F)cc12. The minimum Gasteiger partial charge on any atom is -0.324 e. The maximum atomic E-state index is 14.3. The first-order valence-corrected chi connectivity index (χ1v) is 10.4. The number of aromatic nitrogens is 1. The van der Waals surface area contributed by atoms with E-state index in [0.717, 1.165) is 0 Å². The Morgan fingerprint density at radius 2 is 2.06 bits per heavy atom. The van der Waals surface area contributed by atoms with Gasteiger partial charge < -0.3 is 5.32 Å². The number of hydrogen-bond donors (Lipinski definition) is 1. The van der Waals surface area contributed by atoms with E-state index in [9.17, 15) is 24.1 Å². The van der Waals surface area contributed by atoms with E-state index in [1.165, 1.54) is 42.7 Å². The fourth-order valence-corrected chi connectivity index (χ4v) is 5.27. The predicted molar refractivity (Wildman–Crippen MR) is 117 cm³/mol. The zero-order chi connectivity index (χ0) is 23.3. The lowest BCUT2D eigenvalue weighted by atomic mass is 9.70. The summed E-state index contributed by atoms with van der Waals surface area (Å²) in [5, 5.41) is 14.2. The van der Waals surface area contributed by atoms with Crippen LogP contribution in [-0.4, -0.2) is 40.1 Å². The summed E-state index contributed by atoms with van der Waals surface area (Å²) in [6.07, 6.45) is 2.97. The first-order chi connectivity index (χ1) is 15.8. The molecule has 1 fully saturated rings. The van der Waals surface area contributed by atoms with Gasteiger partial charge in [-0.1, -0.05) is 12.1 Å². The number of likely N-dealkylation sites (N-methyl/N-ethyl adjacent to an activating group) is 1. The number of nitrogens with zero attached hydrogens (tertiary/aromatic N) is 3. The summed E-state index contributed by atoms with van der Waals surface area (Å²) in [6.45, 7) is 0.265. The van der Waals surface area contributed by atoms with Crippen molar-refractivity contribution in [2.24, 2.45) is 5.92 Å². The number of Topliss-reactive ketones (excluding diaryl/α,β-unsaturated/α-hetero) is 1. The Labute approximate surface area is 188 Å². The van der Waals surface area contributed by atoms with Crippen molar-refractivity contribution < 1.29 is 18.9 Å². The molecule has 5 rings (SSSR count). The van der Waals surface area contributed by atoms with Crippen LogP contribution in [-0.2, 0) is 10.3 Å².